The van der Waals surface area contributed by atoms with Crippen molar-refractivity contribution in [1.29, 1.82) is 0 Å². The maximum absolute atomic E-state index is 4.33. The second-order valence-corrected chi connectivity index (χ2v) is 5.18. The number of guanidine groups is 1. The van der Waals surface area contributed by atoms with Gasteiger partial charge in [-0.3, -0.25) is 9.89 Å². The van der Waals surface area contributed by atoms with Crippen molar-refractivity contribution in [2.75, 3.05) is 46.3 Å². The SMILES string of the molecule is CCNC(=NC)N1CCN(CC=Cc2ccccc2)CC1. The molecule has 0 amide bonds. The standard InChI is InChI=1S/C17H26N4/c1-3-19-17(18-2)21-14-12-20(13-15-21)11-7-10-16-8-5-4-6-9-16/h4-10H,3,11-15H2,1-2H3,(H,18,19). The Morgan fingerprint density at radius 3 is 2.52 bits per heavy atom. The van der Waals surface area contributed by atoms with E-state index < -0.39 is 0 Å². The summed E-state index contributed by atoms with van der Waals surface area (Å²) in [5.41, 5.74) is 1.27. The smallest absolute Gasteiger partial charge is 0.193 e. The molecule has 1 fully saturated rings. The van der Waals surface area contributed by atoms with Crippen LogP contribution in [0.5, 0.6) is 0 Å². The van der Waals surface area contributed by atoms with Crippen LogP contribution < -0.4 is 5.32 Å². The molecule has 1 heterocycles. The molecule has 1 aromatic carbocycles. The number of piperazine rings is 1. The molecule has 4 nitrogen and oxygen atoms in total. The Labute approximate surface area is 128 Å². The van der Waals surface area contributed by atoms with E-state index >= 15 is 0 Å². The van der Waals surface area contributed by atoms with E-state index in [0.717, 1.165) is 45.2 Å². The van der Waals surface area contributed by atoms with Gasteiger partial charge in [-0.25, -0.2) is 0 Å². The zero-order valence-corrected chi connectivity index (χ0v) is 13.1. The molecule has 1 aliphatic rings. The summed E-state index contributed by atoms with van der Waals surface area (Å²) >= 11 is 0. The fourth-order valence-corrected chi connectivity index (χ4v) is 2.53. The van der Waals surface area contributed by atoms with E-state index in [0.29, 0.717) is 0 Å². The Kier molecular flexibility index (Phi) is 6.28. The van der Waals surface area contributed by atoms with E-state index in [2.05, 4.69) is 63.5 Å². The average Bonchev–Trinajstić information content (AvgIpc) is 2.54. The van der Waals surface area contributed by atoms with E-state index in [1.807, 2.05) is 13.1 Å². The first-order valence-electron chi connectivity index (χ1n) is 7.73. The molecular formula is C17H26N4. The van der Waals surface area contributed by atoms with Crippen LogP contribution in [0.3, 0.4) is 0 Å². The molecule has 0 aromatic heterocycles. The molecule has 2 rings (SSSR count). The van der Waals surface area contributed by atoms with Gasteiger partial charge in [0.25, 0.3) is 0 Å². The molecule has 0 spiro atoms. The van der Waals surface area contributed by atoms with Gasteiger partial charge >= 0.3 is 0 Å². The molecule has 114 valence electrons. The van der Waals surface area contributed by atoms with E-state index in [4.69, 9.17) is 0 Å². The maximum Gasteiger partial charge on any atom is 0.193 e. The Morgan fingerprint density at radius 1 is 1.19 bits per heavy atom. The number of nitrogens with zero attached hydrogens (tertiary/aromatic N) is 3. The van der Waals surface area contributed by atoms with Crippen LogP contribution in [0.1, 0.15) is 12.5 Å². The van der Waals surface area contributed by atoms with Crippen molar-refractivity contribution in [3.8, 4) is 0 Å². The van der Waals surface area contributed by atoms with Crippen LogP contribution >= 0.6 is 0 Å². The summed E-state index contributed by atoms with van der Waals surface area (Å²) in [5, 5.41) is 3.32. The van der Waals surface area contributed by atoms with Gasteiger partial charge in [-0.2, -0.15) is 0 Å². The number of nitrogens with one attached hydrogen (secondary N) is 1. The minimum atomic E-state index is 0.923. The lowest BCUT2D eigenvalue weighted by atomic mass is 10.2. The average molecular weight is 286 g/mol. The predicted molar refractivity (Wildman–Crippen MR) is 90.5 cm³/mol. The van der Waals surface area contributed by atoms with Crippen LogP contribution in [-0.2, 0) is 0 Å². The third-order valence-corrected chi connectivity index (χ3v) is 3.69. The molecule has 1 saturated heterocycles. The van der Waals surface area contributed by atoms with E-state index in [1.54, 1.807) is 0 Å². The summed E-state index contributed by atoms with van der Waals surface area (Å²) in [6.07, 6.45) is 4.45. The highest BCUT2D eigenvalue weighted by Gasteiger charge is 2.17. The van der Waals surface area contributed by atoms with Crippen molar-refractivity contribution in [2.24, 2.45) is 4.99 Å². The Morgan fingerprint density at radius 2 is 1.90 bits per heavy atom. The van der Waals surface area contributed by atoms with Crippen molar-refractivity contribution in [2.45, 2.75) is 6.92 Å². The molecule has 4 heteroatoms. The molecule has 0 aliphatic carbocycles. The highest BCUT2D eigenvalue weighted by atomic mass is 15.3. The lowest BCUT2D eigenvalue weighted by molar-refractivity contribution is 0.194. The van der Waals surface area contributed by atoms with Crippen LogP contribution in [0.15, 0.2) is 41.4 Å². The lowest BCUT2D eigenvalue weighted by Crippen LogP contribution is -2.52. The molecule has 0 radical (unpaired) electrons. The third kappa shape index (κ3) is 4.90. The molecule has 1 aromatic rings. The largest absolute Gasteiger partial charge is 0.357 e. The topological polar surface area (TPSA) is 30.9 Å². The van der Waals surface area contributed by atoms with Crippen LogP contribution in [-0.4, -0.2) is 62.1 Å². The molecule has 0 bridgehead atoms. The lowest BCUT2D eigenvalue weighted by Gasteiger charge is -2.35. The zero-order chi connectivity index (χ0) is 14.9. The molecule has 0 unspecified atom stereocenters. The van der Waals surface area contributed by atoms with Crippen molar-refractivity contribution < 1.29 is 0 Å². The summed E-state index contributed by atoms with van der Waals surface area (Å²) in [5.74, 6) is 1.02. The number of aliphatic imine (C=N–C) groups is 1. The van der Waals surface area contributed by atoms with Crippen LogP contribution in [0, 0.1) is 0 Å². The van der Waals surface area contributed by atoms with Crippen LogP contribution in [0.25, 0.3) is 6.08 Å². The van der Waals surface area contributed by atoms with Gasteiger partial charge in [0.15, 0.2) is 5.96 Å². The summed E-state index contributed by atoms with van der Waals surface area (Å²) in [6, 6.07) is 10.5. The summed E-state index contributed by atoms with van der Waals surface area (Å²) < 4.78 is 0. The van der Waals surface area contributed by atoms with E-state index in [1.165, 1.54) is 5.56 Å². The zero-order valence-electron chi connectivity index (χ0n) is 13.1. The summed E-state index contributed by atoms with van der Waals surface area (Å²) in [4.78, 5) is 9.14. The second kappa shape index (κ2) is 8.47. The van der Waals surface area contributed by atoms with E-state index in [9.17, 15) is 0 Å². The van der Waals surface area contributed by atoms with Gasteiger partial charge in [0.1, 0.15) is 0 Å². The van der Waals surface area contributed by atoms with Crippen molar-refractivity contribution in [3.63, 3.8) is 0 Å². The predicted octanol–water partition coefficient (Wildman–Crippen LogP) is 1.91. The number of rotatable bonds is 4. The molecule has 1 N–H and O–H groups in total. The summed E-state index contributed by atoms with van der Waals surface area (Å²) in [7, 11) is 1.85. The summed E-state index contributed by atoms with van der Waals surface area (Å²) in [6.45, 7) is 8.30. The number of hydrogen-bond acceptors (Lipinski definition) is 2. The maximum atomic E-state index is 4.33. The number of benzene rings is 1. The second-order valence-electron chi connectivity index (χ2n) is 5.18. The minimum Gasteiger partial charge on any atom is -0.357 e. The molecule has 0 saturated carbocycles. The Hall–Kier alpha value is -1.81. The Bertz CT molecular complexity index is 459. The van der Waals surface area contributed by atoms with Crippen LogP contribution in [0.4, 0.5) is 0 Å². The highest BCUT2D eigenvalue weighted by Crippen LogP contribution is 2.04. The fraction of sp³-hybridized carbons (Fsp3) is 0.471. The fourth-order valence-electron chi connectivity index (χ4n) is 2.53. The first-order valence-corrected chi connectivity index (χ1v) is 7.73. The van der Waals surface area contributed by atoms with Crippen LogP contribution in [0.2, 0.25) is 0 Å². The van der Waals surface area contributed by atoms with Gasteiger partial charge in [-0.1, -0.05) is 42.5 Å². The van der Waals surface area contributed by atoms with E-state index in [-0.39, 0.29) is 0 Å². The van der Waals surface area contributed by atoms with Gasteiger partial charge in [0.05, 0.1) is 0 Å². The van der Waals surface area contributed by atoms with Gasteiger partial charge in [-0.05, 0) is 12.5 Å². The molecule has 21 heavy (non-hydrogen) atoms. The normalized spacial score (nSPS) is 17.4. The first kappa shape index (κ1) is 15.6. The van der Waals surface area contributed by atoms with Gasteiger partial charge < -0.3 is 10.2 Å². The minimum absolute atomic E-state index is 0.923. The van der Waals surface area contributed by atoms with Gasteiger partial charge in [0.2, 0.25) is 0 Å². The Balaban J connectivity index is 1.75. The quantitative estimate of drug-likeness (QED) is 0.677. The molecule has 1 aliphatic heterocycles. The van der Waals surface area contributed by atoms with Gasteiger partial charge in [-0.15, -0.1) is 0 Å². The van der Waals surface area contributed by atoms with Crippen molar-refractivity contribution >= 4 is 12.0 Å². The monoisotopic (exact) mass is 286 g/mol. The first-order chi connectivity index (χ1) is 10.3. The van der Waals surface area contributed by atoms with Gasteiger partial charge in [0, 0.05) is 46.3 Å². The highest BCUT2D eigenvalue weighted by molar-refractivity contribution is 5.79. The number of hydrogen-bond donors (Lipinski definition) is 1. The van der Waals surface area contributed by atoms with Crippen molar-refractivity contribution in [3.05, 3.63) is 42.0 Å². The molecule has 0 atom stereocenters. The van der Waals surface area contributed by atoms with Crippen molar-refractivity contribution in [1.82, 2.24) is 15.1 Å². The molecular weight excluding hydrogens is 260 g/mol. The third-order valence-electron chi connectivity index (χ3n) is 3.69.